The van der Waals surface area contributed by atoms with E-state index in [1.807, 2.05) is 0 Å². The van der Waals surface area contributed by atoms with Crippen LogP contribution in [0.1, 0.15) is 0 Å². The van der Waals surface area contributed by atoms with E-state index in [4.69, 9.17) is 9.97 Å². The number of rotatable bonds is 6. The standard InChI is InChI=1S/C58H36N2S/c1-4-16-37(17-5-1)41-30-42(38-18-6-2-7-19-38)32-44(31-41)45-33-43(40-28-29-51-49-24-11-10-22-47(49)48-23-12-13-25-50(48)53(51)36-40)34-46(35-45)57-59-56(39-20-8-3-9-21-39)55-52-26-14-15-27-54(52)61-58(55)60-57/h1-36H. The monoisotopic (exact) mass is 792 g/mol. The Balaban J connectivity index is 1.14. The van der Waals surface area contributed by atoms with Crippen molar-refractivity contribution in [3.63, 3.8) is 0 Å². The third-order valence-electron chi connectivity index (χ3n) is 12.0. The van der Waals surface area contributed by atoms with Crippen LogP contribution < -0.4 is 0 Å². The minimum absolute atomic E-state index is 0.709. The summed E-state index contributed by atoms with van der Waals surface area (Å²) in [5, 5.41) is 9.84. The Hall–Kier alpha value is -7.72. The van der Waals surface area contributed by atoms with Crippen molar-refractivity contribution < 1.29 is 0 Å². The molecule has 2 nitrogen and oxygen atoms in total. The molecule has 0 amide bonds. The second-order valence-electron chi connectivity index (χ2n) is 15.7. The van der Waals surface area contributed by atoms with E-state index in [-0.39, 0.29) is 0 Å². The van der Waals surface area contributed by atoms with Gasteiger partial charge in [0, 0.05) is 26.6 Å². The first kappa shape index (κ1) is 35.2. The van der Waals surface area contributed by atoms with Crippen LogP contribution in [0.15, 0.2) is 218 Å². The van der Waals surface area contributed by atoms with Gasteiger partial charge < -0.3 is 0 Å². The van der Waals surface area contributed by atoms with E-state index >= 15 is 0 Å². The van der Waals surface area contributed by atoms with Crippen LogP contribution in [0.25, 0.3) is 120 Å². The van der Waals surface area contributed by atoms with Crippen LogP contribution >= 0.6 is 11.3 Å². The molecule has 12 aromatic rings. The van der Waals surface area contributed by atoms with Crippen molar-refractivity contribution in [2.75, 3.05) is 0 Å². The van der Waals surface area contributed by atoms with Crippen molar-refractivity contribution in [2.45, 2.75) is 0 Å². The number of thiophene rings is 1. The van der Waals surface area contributed by atoms with Gasteiger partial charge >= 0.3 is 0 Å². The van der Waals surface area contributed by atoms with Gasteiger partial charge in [0.25, 0.3) is 0 Å². The normalized spacial score (nSPS) is 11.6. The molecule has 284 valence electrons. The van der Waals surface area contributed by atoms with Gasteiger partial charge in [-0.15, -0.1) is 11.3 Å². The predicted octanol–water partition coefficient (Wildman–Crippen LogP) is 16.3. The molecule has 3 heteroatoms. The lowest BCUT2D eigenvalue weighted by Gasteiger charge is -2.16. The zero-order valence-electron chi connectivity index (χ0n) is 33.1. The van der Waals surface area contributed by atoms with Crippen LogP contribution in [0.3, 0.4) is 0 Å². The zero-order chi connectivity index (χ0) is 40.3. The smallest absolute Gasteiger partial charge is 0.161 e. The van der Waals surface area contributed by atoms with Crippen LogP contribution in [-0.2, 0) is 0 Å². The van der Waals surface area contributed by atoms with Gasteiger partial charge in [-0.3, -0.25) is 0 Å². The molecule has 0 radical (unpaired) electrons. The summed E-state index contributed by atoms with van der Waals surface area (Å²) in [5.41, 5.74) is 12.2. The number of hydrogen-bond acceptors (Lipinski definition) is 3. The number of fused-ring (bicyclic) bond motifs is 9. The van der Waals surface area contributed by atoms with Crippen LogP contribution in [0, 0.1) is 0 Å². The van der Waals surface area contributed by atoms with E-state index in [1.54, 1.807) is 11.3 Å². The topological polar surface area (TPSA) is 25.8 Å². The van der Waals surface area contributed by atoms with Gasteiger partial charge in [-0.2, -0.15) is 0 Å². The molecule has 10 aromatic carbocycles. The molecule has 0 spiro atoms. The Kier molecular flexibility index (Phi) is 8.39. The van der Waals surface area contributed by atoms with Gasteiger partial charge in [0.2, 0.25) is 0 Å². The molecule has 61 heavy (non-hydrogen) atoms. The van der Waals surface area contributed by atoms with E-state index in [9.17, 15) is 0 Å². The fraction of sp³-hybridized carbons (Fsp3) is 0. The molecule has 2 heterocycles. The lowest BCUT2D eigenvalue weighted by Crippen LogP contribution is -1.95. The minimum Gasteiger partial charge on any atom is -0.227 e. The van der Waals surface area contributed by atoms with Gasteiger partial charge in [0.1, 0.15) is 4.83 Å². The number of aromatic nitrogens is 2. The molecule has 0 aliphatic rings. The summed E-state index contributed by atoms with van der Waals surface area (Å²) >= 11 is 1.73. The van der Waals surface area contributed by atoms with Crippen molar-refractivity contribution in [2.24, 2.45) is 0 Å². The van der Waals surface area contributed by atoms with Crippen LogP contribution in [0.5, 0.6) is 0 Å². The molecule has 0 N–H and O–H groups in total. The van der Waals surface area contributed by atoms with Gasteiger partial charge in [0.05, 0.1) is 5.69 Å². The Morgan fingerprint density at radius 2 is 0.672 bits per heavy atom. The van der Waals surface area contributed by atoms with Gasteiger partial charge in [-0.25, -0.2) is 9.97 Å². The highest BCUT2D eigenvalue weighted by atomic mass is 32.1. The van der Waals surface area contributed by atoms with E-state index in [0.29, 0.717) is 5.82 Å². The molecular formula is C58H36N2S. The Bertz CT molecular complexity index is 3540. The molecule has 0 fully saturated rings. The molecule has 2 aromatic heterocycles. The van der Waals surface area contributed by atoms with Crippen molar-refractivity contribution in [3.05, 3.63) is 218 Å². The van der Waals surface area contributed by atoms with Gasteiger partial charge in [-0.1, -0.05) is 170 Å². The Morgan fingerprint density at radius 3 is 1.23 bits per heavy atom. The molecule has 12 rings (SSSR count). The first-order valence-corrected chi connectivity index (χ1v) is 21.5. The maximum Gasteiger partial charge on any atom is 0.161 e. The Morgan fingerprint density at radius 1 is 0.262 bits per heavy atom. The predicted molar refractivity (Wildman–Crippen MR) is 260 cm³/mol. The average Bonchev–Trinajstić information content (AvgIpc) is 3.73. The summed E-state index contributed by atoms with van der Waals surface area (Å²) in [5.74, 6) is 0.709. The maximum absolute atomic E-state index is 5.48. The fourth-order valence-electron chi connectivity index (χ4n) is 9.12. The van der Waals surface area contributed by atoms with Gasteiger partial charge in [0.15, 0.2) is 5.82 Å². The van der Waals surface area contributed by atoms with E-state index < -0.39 is 0 Å². The number of hydrogen-bond donors (Lipinski definition) is 0. The fourth-order valence-corrected chi connectivity index (χ4v) is 10.2. The van der Waals surface area contributed by atoms with Crippen molar-refractivity contribution >= 4 is 64.0 Å². The number of nitrogens with zero attached hydrogens (tertiary/aromatic N) is 2. The van der Waals surface area contributed by atoms with Crippen molar-refractivity contribution in [1.29, 1.82) is 0 Å². The molecular weight excluding hydrogens is 757 g/mol. The van der Waals surface area contributed by atoms with Crippen LogP contribution in [-0.4, -0.2) is 9.97 Å². The quantitative estimate of drug-likeness (QED) is 0.157. The molecule has 0 bridgehead atoms. The first-order valence-electron chi connectivity index (χ1n) is 20.7. The maximum atomic E-state index is 5.48. The molecule has 0 saturated heterocycles. The average molecular weight is 793 g/mol. The summed E-state index contributed by atoms with van der Waals surface area (Å²) in [7, 11) is 0. The van der Waals surface area contributed by atoms with E-state index in [0.717, 1.165) is 49.3 Å². The summed E-state index contributed by atoms with van der Waals surface area (Å²) in [4.78, 5) is 11.9. The third kappa shape index (κ3) is 6.18. The highest BCUT2D eigenvalue weighted by Gasteiger charge is 2.19. The van der Waals surface area contributed by atoms with Crippen molar-refractivity contribution in [3.8, 4) is 67.2 Å². The summed E-state index contributed by atoms with van der Waals surface area (Å²) in [6.07, 6.45) is 0. The molecule has 0 saturated carbocycles. The second kappa shape index (κ2) is 14.5. The summed E-state index contributed by atoms with van der Waals surface area (Å²) in [6.45, 7) is 0. The highest BCUT2D eigenvalue weighted by molar-refractivity contribution is 7.25. The largest absolute Gasteiger partial charge is 0.227 e. The summed E-state index contributed by atoms with van der Waals surface area (Å²) < 4.78 is 1.21. The van der Waals surface area contributed by atoms with E-state index in [1.165, 1.54) is 64.7 Å². The van der Waals surface area contributed by atoms with Gasteiger partial charge in [-0.05, 0) is 125 Å². The lowest BCUT2D eigenvalue weighted by molar-refractivity contribution is 1.24. The lowest BCUT2D eigenvalue weighted by atomic mass is 9.89. The SMILES string of the molecule is c1ccc(-c2cc(-c3ccccc3)cc(-c3cc(-c4ccc5c6ccccc6c6ccccc6c5c4)cc(-c4nc(-c5ccccc5)c5c(n4)sc4ccccc45)c3)c2)cc1. The minimum atomic E-state index is 0.709. The highest BCUT2D eigenvalue weighted by Crippen LogP contribution is 2.43. The molecule has 0 unspecified atom stereocenters. The molecule has 0 aliphatic heterocycles. The zero-order valence-corrected chi connectivity index (χ0v) is 33.9. The van der Waals surface area contributed by atoms with Crippen LogP contribution in [0.4, 0.5) is 0 Å². The van der Waals surface area contributed by atoms with Crippen LogP contribution in [0.2, 0.25) is 0 Å². The summed E-state index contributed by atoms with van der Waals surface area (Å²) in [6, 6.07) is 79.0. The molecule has 0 atom stereocenters. The molecule has 0 aliphatic carbocycles. The Labute approximate surface area is 357 Å². The van der Waals surface area contributed by atoms with E-state index in [2.05, 4.69) is 218 Å². The van der Waals surface area contributed by atoms with Crippen molar-refractivity contribution in [1.82, 2.24) is 9.97 Å². The second-order valence-corrected chi connectivity index (χ2v) is 16.8. The first-order chi connectivity index (χ1) is 30.2. The third-order valence-corrected chi connectivity index (χ3v) is 13.1. The number of benzene rings is 10.